The van der Waals surface area contributed by atoms with Gasteiger partial charge in [-0.2, -0.15) is 0 Å². The Kier molecular flexibility index (Phi) is 5.87. The number of aromatic nitrogens is 1. The molecule has 4 heterocycles. The van der Waals surface area contributed by atoms with Crippen molar-refractivity contribution in [1.82, 2.24) is 14.4 Å². The van der Waals surface area contributed by atoms with Gasteiger partial charge in [0.15, 0.2) is 0 Å². The smallest absolute Gasteiger partial charge is 0.252 e. The molecule has 4 rings (SSSR count). The van der Waals surface area contributed by atoms with Crippen molar-refractivity contribution in [2.24, 2.45) is 13.0 Å². The van der Waals surface area contributed by atoms with Crippen LogP contribution in [0.5, 0.6) is 0 Å². The van der Waals surface area contributed by atoms with Gasteiger partial charge < -0.3 is 24.2 Å². The van der Waals surface area contributed by atoms with Gasteiger partial charge in [-0.3, -0.25) is 9.59 Å². The van der Waals surface area contributed by atoms with E-state index >= 15 is 0 Å². The fourth-order valence-corrected chi connectivity index (χ4v) is 4.40. The molecule has 1 fully saturated rings. The van der Waals surface area contributed by atoms with Crippen molar-refractivity contribution in [3.63, 3.8) is 0 Å². The predicted octanol–water partition coefficient (Wildman–Crippen LogP) is 1.20. The summed E-state index contributed by atoms with van der Waals surface area (Å²) in [5.41, 5.74) is 3.27. The summed E-state index contributed by atoms with van der Waals surface area (Å²) >= 11 is 0. The lowest BCUT2D eigenvalue weighted by Crippen LogP contribution is -2.41. The van der Waals surface area contributed by atoms with Crippen LogP contribution in [0.3, 0.4) is 0 Å². The average Bonchev–Trinajstić information content (AvgIpc) is 3.41. The van der Waals surface area contributed by atoms with Crippen molar-refractivity contribution in [3.05, 3.63) is 41.2 Å². The molecule has 7 heteroatoms. The number of aryl methyl sites for hydroxylation is 1. The second kappa shape index (κ2) is 8.55. The van der Waals surface area contributed by atoms with E-state index in [0.29, 0.717) is 51.7 Å². The fraction of sp³-hybridized carbons (Fsp3) is 0.545. The van der Waals surface area contributed by atoms with E-state index in [1.54, 1.807) is 11.0 Å². The maximum Gasteiger partial charge on any atom is 0.252 e. The van der Waals surface area contributed by atoms with Crippen LogP contribution in [0.15, 0.2) is 35.7 Å². The number of ether oxygens (including phenoxy) is 1. The Balaban J connectivity index is 1.25. The lowest BCUT2D eigenvalue weighted by Gasteiger charge is -2.27. The van der Waals surface area contributed by atoms with Gasteiger partial charge in [0.25, 0.3) is 5.91 Å². The molecule has 1 saturated heterocycles. The second-order valence-corrected chi connectivity index (χ2v) is 8.35. The van der Waals surface area contributed by atoms with Gasteiger partial charge >= 0.3 is 0 Å². The molecule has 1 unspecified atom stereocenters. The Morgan fingerprint density at radius 3 is 2.45 bits per heavy atom. The van der Waals surface area contributed by atoms with Gasteiger partial charge in [0, 0.05) is 64.9 Å². The molecular weight excluding hydrogens is 370 g/mol. The summed E-state index contributed by atoms with van der Waals surface area (Å²) < 4.78 is 7.29. The minimum atomic E-state index is -0.940. The molecule has 3 aliphatic heterocycles. The minimum absolute atomic E-state index is 0.0133. The SMILES string of the molecule is Cn1ccc(/C=C/C(=O)N2CC3=C(C2)CN(C(=O)C(O)CC2CCOCC2)C3)c1. The van der Waals surface area contributed by atoms with Crippen molar-refractivity contribution in [1.29, 1.82) is 0 Å². The van der Waals surface area contributed by atoms with Gasteiger partial charge in [0.2, 0.25) is 5.91 Å². The number of hydrogen-bond acceptors (Lipinski definition) is 4. The number of carbonyl (C=O) groups is 2. The summed E-state index contributed by atoms with van der Waals surface area (Å²) in [5.74, 6) is 0.156. The van der Waals surface area contributed by atoms with E-state index in [2.05, 4.69) is 0 Å². The molecule has 3 aliphatic rings. The van der Waals surface area contributed by atoms with Gasteiger partial charge in [0.1, 0.15) is 6.10 Å². The number of amides is 2. The lowest BCUT2D eigenvalue weighted by molar-refractivity contribution is -0.140. The van der Waals surface area contributed by atoms with E-state index in [0.717, 1.165) is 29.6 Å². The van der Waals surface area contributed by atoms with Crippen LogP contribution in [0.2, 0.25) is 0 Å². The van der Waals surface area contributed by atoms with Crippen LogP contribution in [0.25, 0.3) is 6.08 Å². The molecule has 0 aromatic carbocycles. The Morgan fingerprint density at radius 1 is 1.17 bits per heavy atom. The molecule has 0 radical (unpaired) electrons. The molecule has 1 aromatic heterocycles. The van der Waals surface area contributed by atoms with Crippen LogP contribution in [0, 0.1) is 5.92 Å². The van der Waals surface area contributed by atoms with Crippen LogP contribution in [0.4, 0.5) is 0 Å². The predicted molar refractivity (Wildman–Crippen MR) is 109 cm³/mol. The zero-order chi connectivity index (χ0) is 20.4. The molecular formula is C22H29N3O4. The first kappa shape index (κ1) is 19.9. The number of rotatable bonds is 5. The Hall–Kier alpha value is -2.38. The highest BCUT2D eigenvalue weighted by atomic mass is 16.5. The molecule has 1 atom stereocenters. The van der Waals surface area contributed by atoms with Crippen molar-refractivity contribution in [2.45, 2.75) is 25.4 Å². The van der Waals surface area contributed by atoms with Gasteiger partial charge in [-0.15, -0.1) is 0 Å². The first-order valence-corrected chi connectivity index (χ1v) is 10.3. The standard InChI is InChI=1S/C22H29N3O4/c1-23-7-4-17(11-23)2-3-21(27)24-12-18-14-25(15-19(18)13-24)22(28)20(26)10-16-5-8-29-9-6-16/h2-4,7,11,16,20,26H,5-6,8-10,12-15H2,1H3/b3-2+. The molecule has 0 aliphatic carbocycles. The summed E-state index contributed by atoms with van der Waals surface area (Å²) in [6.45, 7) is 3.60. The molecule has 0 bridgehead atoms. The first-order chi connectivity index (χ1) is 14.0. The van der Waals surface area contributed by atoms with Crippen molar-refractivity contribution < 1.29 is 19.4 Å². The summed E-state index contributed by atoms with van der Waals surface area (Å²) in [5, 5.41) is 10.4. The van der Waals surface area contributed by atoms with Gasteiger partial charge in [0.05, 0.1) is 0 Å². The van der Waals surface area contributed by atoms with Crippen LogP contribution in [0.1, 0.15) is 24.8 Å². The maximum atomic E-state index is 12.7. The van der Waals surface area contributed by atoms with E-state index in [9.17, 15) is 14.7 Å². The van der Waals surface area contributed by atoms with E-state index in [-0.39, 0.29) is 11.8 Å². The summed E-state index contributed by atoms with van der Waals surface area (Å²) in [7, 11) is 1.95. The molecule has 2 amide bonds. The highest BCUT2D eigenvalue weighted by Crippen LogP contribution is 2.28. The number of nitrogens with zero attached hydrogens (tertiary/aromatic N) is 3. The molecule has 0 spiro atoms. The molecule has 1 N–H and O–H groups in total. The highest BCUT2D eigenvalue weighted by molar-refractivity contribution is 5.92. The molecule has 156 valence electrons. The van der Waals surface area contributed by atoms with Gasteiger partial charge in [-0.1, -0.05) is 0 Å². The number of hydrogen-bond donors (Lipinski definition) is 1. The number of aliphatic hydroxyl groups is 1. The highest BCUT2D eigenvalue weighted by Gasteiger charge is 2.35. The Labute approximate surface area is 171 Å². The summed E-state index contributed by atoms with van der Waals surface area (Å²) in [4.78, 5) is 28.7. The molecule has 29 heavy (non-hydrogen) atoms. The van der Waals surface area contributed by atoms with Crippen LogP contribution in [-0.4, -0.2) is 76.8 Å². The zero-order valence-electron chi connectivity index (χ0n) is 16.9. The second-order valence-electron chi connectivity index (χ2n) is 8.35. The fourth-order valence-electron chi connectivity index (χ4n) is 4.40. The maximum absolute atomic E-state index is 12.7. The monoisotopic (exact) mass is 399 g/mol. The number of carbonyl (C=O) groups excluding carboxylic acids is 2. The number of aliphatic hydroxyl groups excluding tert-OH is 1. The summed E-state index contributed by atoms with van der Waals surface area (Å²) in [6, 6.07) is 1.96. The van der Waals surface area contributed by atoms with Crippen LogP contribution in [-0.2, 0) is 21.4 Å². The van der Waals surface area contributed by atoms with Crippen molar-refractivity contribution in [2.75, 3.05) is 39.4 Å². The van der Waals surface area contributed by atoms with Crippen molar-refractivity contribution in [3.8, 4) is 0 Å². The quantitative estimate of drug-likeness (QED) is 0.596. The van der Waals surface area contributed by atoms with Crippen LogP contribution < -0.4 is 0 Å². The van der Waals surface area contributed by atoms with Gasteiger partial charge in [-0.05, 0) is 54.0 Å². The molecule has 1 aromatic rings. The molecule has 0 saturated carbocycles. The first-order valence-electron chi connectivity index (χ1n) is 10.3. The van der Waals surface area contributed by atoms with Gasteiger partial charge in [-0.25, -0.2) is 0 Å². The Bertz CT molecular complexity index is 817. The lowest BCUT2D eigenvalue weighted by atomic mass is 9.93. The minimum Gasteiger partial charge on any atom is -0.383 e. The zero-order valence-corrected chi connectivity index (χ0v) is 16.9. The third-order valence-electron chi connectivity index (χ3n) is 6.11. The average molecular weight is 399 g/mol. The van der Waals surface area contributed by atoms with E-state index in [1.807, 2.05) is 41.1 Å². The van der Waals surface area contributed by atoms with Crippen molar-refractivity contribution >= 4 is 17.9 Å². The third kappa shape index (κ3) is 4.62. The topological polar surface area (TPSA) is 75.0 Å². The summed E-state index contributed by atoms with van der Waals surface area (Å²) in [6.07, 6.45) is 8.73. The Morgan fingerprint density at radius 2 is 1.83 bits per heavy atom. The van der Waals surface area contributed by atoms with Crippen LogP contribution >= 0.6 is 0 Å². The van der Waals surface area contributed by atoms with E-state index < -0.39 is 6.10 Å². The third-order valence-corrected chi connectivity index (χ3v) is 6.11. The van der Waals surface area contributed by atoms with E-state index in [1.165, 1.54) is 0 Å². The normalized spacial score (nSPS) is 21.3. The van der Waals surface area contributed by atoms with E-state index in [4.69, 9.17) is 4.74 Å². The largest absolute Gasteiger partial charge is 0.383 e. The molecule has 7 nitrogen and oxygen atoms in total.